The van der Waals surface area contributed by atoms with Crippen LogP contribution in [-0.4, -0.2) is 22.2 Å². The van der Waals surface area contributed by atoms with Crippen molar-refractivity contribution in [3.05, 3.63) is 51.3 Å². The maximum atomic E-state index is 12.1. The number of ether oxygens (including phenoxy) is 2. The van der Waals surface area contributed by atoms with Gasteiger partial charge in [-0.1, -0.05) is 33.6 Å². The van der Waals surface area contributed by atoms with E-state index in [1.165, 1.54) is 0 Å². The third-order valence-corrected chi connectivity index (χ3v) is 4.37. The number of nitrogens with zero attached hydrogens (tertiary/aromatic N) is 1. The number of alkyl halides is 1. The Morgan fingerprint density at radius 3 is 2.88 bits per heavy atom. The second-order valence-corrected chi connectivity index (χ2v) is 6.65. The van der Waals surface area contributed by atoms with Gasteiger partial charge >= 0.3 is 5.97 Å². The quantitative estimate of drug-likeness (QED) is 0.231. The highest BCUT2D eigenvalue weighted by Crippen LogP contribution is 2.32. The molecule has 0 saturated heterocycles. The number of anilines is 1. The van der Waals surface area contributed by atoms with Crippen LogP contribution in [-0.2, 0) is 9.59 Å². The van der Waals surface area contributed by atoms with Gasteiger partial charge in [-0.05, 0) is 51.8 Å². The first-order valence-corrected chi connectivity index (χ1v) is 9.19. The Morgan fingerprint density at radius 1 is 1.36 bits per heavy atom. The molecule has 25 heavy (non-hydrogen) atoms. The predicted molar refractivity (Wildman–Crippen MR) is 100 cm³/mol. The summed E-state index contributed by atoms with van der Waals surface area (Å²) in [7, 11) is 0. The molecule has 3 rings (SSSR count). The van der Waals surface area contributed by atoms with Crippen molar-refractivity contribution < 1.29 is 19.1 Å². The summed E-state index contributed by atoms with van der Waals surface area (Å²) in [5.74, 6) is 0.307. The van der Waals surface area contributed by atoms with Gasteiger partial charge in [0, 0.05) is 0 Å². The summed E-state index contributed by atoms with van der Waals surface area (Å²) in [6.07, 6.45) is 1.56. The van der Waals surface area contributed by atoms with Crippen LogP contribution in [0.3, 0.4) is 0 Å². The summed E-state index contributed by atoms with van der Waals surface area (Å²) in [5, 5.41) is 2.97. The molecule has 6 nitrogen and oxygen atoms in total. The van der Waals surface area contributed by atoms with Crippen molar-refractivity contribution in [2.75, 3.05) is 10.6 Å². The maximum Gasteiger partial charge on any atom is 0.321 e. The molecule has 0 aliphatic carbocycles. The van der Waals surface area contributed by atoms with E-state index in [0.717, 1.165) is 0 Å². The molecule has 2 heterocycles. The minimum Gasteiger partial charge on any atom is -0.448 e. The van der Waals surface area contributed by atoms with Crippen LogP contribution in [0.15, 0.2) is 40.6 Å². The molecule has 1 N–H and O–H groups in total. The van der Waals surface area contributed by atoms with Crippen LogP contribution < -0.4 is 14.8 Å². The Kier molecular flexibility index (Phi) is 5.41. The number of carbonyl (C=O) groups excluding carboxylic acids is 2. The van der Waals surface area contributed by atoms with Crippen LogP contribution in [0.2, 0.25) is 5.15 Å². The van der Waals surface area contributed by atoms with Gasteiger partial charge in [-0.2, -0.15) is 0 Å². The van der Waals surface area contributed by atoms with E-state index in [2.05, 4.69) is 42.2 Å². The van der Waals surface area contributed by atoms with Crippen molar-refractivity contribution in [2.24, 2.45) is 0 Å². The zero-order valence-corrected chi connectivity index (χ0v) is 16.3. The first-order valence-electron chi connectivity index (χ1n) is 6.90. The predicted octanol–water partition coefficient (Wildman–Crippen LogP) is 4.17. The van der Waals surface area contributed by atoms with Crippen LogP contribution in [0, 0.1) is 0 Å². The average Bonchev–Trinajstić information content (AvgIpc) is 2.58. The Balaban J connectivity index is 1.85. The molecule has 0 fully saturated rings. The van der Waals surface area contributed by atoms with Crippen molar-refractivity contribution in [2.45, 2.75) is 0 Å². The highest BCUT2D eigenvalue weighted by molar-refractivity contribution is 9.10. The standard InChI is InChI=1S/C16H9Br2ClN2O4/c17-7-14(22)25-10-2-1-8(5-9(10)18)6-12-16(23)21-15-11(24-12)3-4-13(19)20-15/h1-6H,7H2,(H,20,21,23)/b12-6-. The molecule has 0 spiro atoms. The number of fused-ring (bicyclic) bond motifs is 1. The number of nitrogens with one attached hydrogen (secondary N) is 1. The molecule has 1 aromatic heterocycles. The molecule has 128 valence electrons. The van der Waals surface area contributed by atoms with Gasteiger partial charge < -0.3 is 14.8 Å². The van der Waals surface area contributed by atoms with Crippen LogP contribution in [0.4, 0.5) is 5.82 Å². The van der Waals surface area contributed by atoms with Gasteiger partial charge in [0.05, 0.1) is 4.47 Å². The lowest BCUT2D eigenvalue weighted by atomic mass is 10.2. The fraction of sp³-hybridized carbons (Fsp3) is 0.0625. The van der Waals surface area contributed by atoms with Crippen molar-refractivity contribution in [1.82, 2.24) is 4.98 Å². The molecular weight excluding hydrogens is 479 g/mol. The SMILES string of the molecule is O=C(CBr)Oc1ccc(/C=C2\Oc3ccc(Cl)nc3NC2=O)cc1Br. The zero-order chi connectivity index (χ0) is 18.0. The molecule has 0 atom stereocenters. The molecule has 0 radical (unpaired) electrons. The monoisotopic (exact) mass is 486 g/mol. The minimum atomic E-state index is -0.437. The van der Waals surface area contributed by atoms with Crippen molar-refractivity contribution in [3.63, 3.8) is 0 Å². The highest BCUT2D eigenvalue weighted by Gasteiger charge is 2.23. The van der Waals surface area contributed by atoms with Gasteiger partial charge in [-0.25, -0.2) is 4.98 Å². The number of benzene rings is 1. The minimum absolute atomic E-state index is 0.0940. The van der Waals surface area contributed by atoms with E-state index in [4.69, 9.17) is 21.1 Å². The van der Waals surface area contributed by atoms with Crippen molar-refractivity contribution in [1.29, 1.82) is 0 Å². The topological polar surface area (TPSA) is 77.5 Å². The summed E-state index contributed by atoms with van der Waals surface area (Å²) in [6.45, 7) is 0. The van der Waals surface area contributed by atoms with E-state index in [0.29, 0.717) is 21.5 Å². The number of pyridine rings is 1. The van der Waals surface area contributed by atoms with Crippen LogP contribution in [0.5, 0.6) is 11.5 Å². The highest BCUT2D eigenvalue weighted by atomic mass is 79.9. The second kappa shape index (κ2) is 7.55. The zero-order valence-electron chi connectivity index (χ0n) is 12.4. The Labute approximate surface area is 164 Å². The second-order valence-electron chi connectivity index (χ2n) is 4.84. The summed E-state index contributed by atoms with van der Waals surface area (Å²) >= 11 is 12.2. The molecule has 1 amide bonds. The molecule has 0 saturated carbocycles. The molecule has 2 aromatic rings. The lowest BCUT2D eigenvalue weighted by Gasteiger charge is -2.19. The molecule has 1 aliphatic heterocycles. The Hall–Kier alpha value is -1.90. The molecule has 0 unspecified atom stereocenters. The van der Waals surface area contributed by atoms with E-state index in [9.17, 15) is 9.59 Å². The third-order valence-electron chi connectivity index (χ3n) is 3.09. The van der Waals surface area contributed by atoms with E-state index in [1.807, 2.05) is 0 Å². The normalized spacial score (nSPS) is 14.5. The van der Waals surface area contributed by atoms with Crippen LogP contribution >= 0.6 is 43.5 Å². The number of aromatic nitrogens is 1. The molecule has 0 bridgehead atoms. The van der Waals surface area contributed by atoms with Gasteiger partial charge in [0.1, 0.15) is 16.2 Å². The van der Waals surface area contributed by atoms with Crippen LogP contribution in [0.1, 0.15) is 5.56 Å². The van der Waals surface area contributed by atoms with Crippen molar-refractivity contribution >= 4 is 67.2 Å². The summed E-state index contributed by atoms with van der Waals surface area (Å²) in [6, 6.07) is 8.21. The first-order chi connectivity index (χ1) is 12.0. The van der Waals surface area contributed by atoms with Gasteiger partial charge in [0.25, 0.3) is 5.91 Å². The maximum absolute atomic E-state index is 12.1. The van der Waals surface area contributed by atoms with Gasteiger partial charge in [0.2, 0.25) is 0 Å². The Bertz CT molecular complexity index is 902. The number of hydrogen-bond donors (Lipinski definition) is 1. The fourth-order valence-corrected chi connectivity index (χ4v) is 2.75. The largest absolute Gasteiger partial charge is 0.448 e. The van der Waals surface area contributed by atoms with E-state index < -0.39 is 11.9 Å². The summed E-state index contributed by atoms with van der Waals surface area (Å²) < 4.78 is 11.3. The van der Waals surface area contributed by atoms with E-state index >= 15 is 0 Å². The van der Waals surface area contributed by atoms with Gasteiger partial charge in [-0.3, -0.25) is 9.59 Å². The average molecular weight is 489 g/mol. The summed E-state index contributed by atoms with van der Waals surface area (Å²) in [5.41, 5.74) is 0.682. The number of rotatable bonds is 3. The molecular formula is C16H9Br2ClN2O4. The van der Waals surface area contributed by atoms with Gasteiger partial charge in [0.15, 0.2) is 17.3 Å². The van der Waals surface area contributed by atoms with E-state index in [-0.39, 0.29) is 22.1 Å². The lowest BCUT2D eigenvalue weighted by molar-refractivity contribution is -0.131. The van der Waals surface area contributed by atoms with Crippen LogP contribution in [0.25, 0.3) is 6.08 Å². The summed E-state index contributed by atoms with van der Waals surface area (Å²) in [4.78, 5) is 27.5. The Morgan fingerprint density at radius 2 is 2.16 bits per heavy atom. The lowest BCUT2D eigenvalue weighted by Crippen LogP contribution is -2.24. The first kappa shape index (κ1) is 17.9. The molecule has 1 aromatic carbocycles. The number of halogens is 3. The van der Waals surface area contributed by atoms with Gasteiger partial charge in [-0.15, -0.1) is 0 Å². The number of esters is 1. The third kappa shape index (κ3) is 4.20. The number of amides is 1. The molecule has 1 aliphatic rings. The molecule has 9 heteroatoms. The van der Waals surface area contributed by atoms with Crippen molar-refractivity contribution in [3.8, 4) is 11.5 Å². The smallest absolute Gasteiger partial charge is 0.321 e. The van der Waals surface area contributed by atoms with E-state index in [1.54, 1.807) is 36.4 Å². The number of hydrogen-bond acceptors (Lipinski definition) is 5. The number of carbonyl (C=O) groups is 2. The fourth-order valence-electron chi connectivity index (χ4n) is 2.01.